The minimum Gasteiger partial charge on any atom is -0.443 e. The highest BCUT2D eigenvalue weighted by atomic mass is 16.6. The Kier molecular flexibility index (Phi) is 14.1. The Labute approximate surface area is 203 Å². The van der Waals surface area contributed by atoms with Crippen LogP contribution >= 0.6 is 0 Å². The first-order chi connectivity index (χ1) is 15.7. The number of nitrogens with two attached hydrogens (primary N) is 1. The molecule has 1 rings (SSSR count). The van der Waals surface area contributed by atoms with Crippen LogP contribution < -0.4 is 16.6 Å². The maximum atomic E-state index is 11.8. The Morgan fingerprint density at radius 1 is 1.09 bits per heavy atom. The monoisotopic (exact) mass is 481 g/mol. The van der Waals surface area contributed by atoms with Crippen LogP contribution in [0.2, 0.25) is 0 Å². The first kappa shape index (κ1) is 31.3. The first-order valence-corrected chi connectivity index (χ1v) is 11.4. The number of rotatable bonds is 8. The molecule has 0 aromatic heterocycles. The number of nitrogens with zero attached hydrogens (tertiary/aromatic N) is 2. The van der Waals surface area contributed by atoms with Crippen molar-refractivity contribution in [1.29, 1.82) is 0 Å². The second-order valence-corrected chi connectivity index (χ2v) is 9.57. The molecule has 194 valence electrons. The van der Waals surface area contributed by atoms with Crippen LogP contribution in [0.15, 0.2) is 35.4 Å². The molecule has 1 aromatic rings. The van der Waals surface area contributed by atoms with Crippen molar-refractivity contribution in [3.8, 4) is 0 Å². The van der Waals surface area contributed by atoms with Crippen LogP contribution in [0, 0.1) is 0 Å². The molecule has 0 aliphatic heterocycles. The predicted molar refractivity (Wildman–Crippen MR) is 134 cm³/mol. The van der Waals surface area contributed by atoms with Gasteiger partial charge in [0.25, 0.3) is 0 Å². The second kappa shape index (κ2) is 15.3. The van der Waals surface area contributed by atoms with Gasteiger partial charge in [0, 0.05) is 25.3 Å². The summed E-state index contributed by atoms with van der Waals surface area (Å²) in [6, 6.07) is 9.36. The summed E-state index contributed by atoms with van der Waals surface area (Å²) in [6.07, 6.45) is 0.222. The topological polar surface area (TPSA) is 139 Å². The van der Waals surface area contributed by atoms with E-state index in [9.17, 15) is 14.7 Å². The molecule has 10 nitrogen and oxygen atoms in total. The van der Waals surface area contributed by atoms with Crippen LogP contribution in [-0.4, -0.2) is 65.0 Å². The van der Waals surface area contributed by atoms with Gasteiger partial charge in [0.15, 0.2) is 0 Å². The fourth-order valence-corrected chi connectivity index (χ4v) is 2.49. The number of ether oxygens (including phenoxy) is 2. The molecule has 0 fully saturated rings. The molecular weight excluding hydrogens is 438 g/mol. The molecule has 0 saturated heterocycles. The van der Waals surface area contributed by atoms with E-state index in [1.807, 2.05) is 37.3 Å². The quantitative estimate of drug-likeness (QED) is 0.330. The second-order valence-electron chi connectivity index (χ2n) is 9.57. The molecule has 2 atom stereocenters. The lowest BCUT2D eigenvalue weighted by Gasteiger charge is -2.28. The molecule has 0 heterocycles. The molecule has 0 saturated carbocycles. The summed E-state index contributed by atoms with van der Waals surface area (Å²) in [6.45, 7) is 15.1. The van der Waals surface area contributed by atoms with Gasteiger partial charge in [-0.3, -0.25) is 5.43 Å². The maximum absolute atomic E-state index is 11.8. The van der Waals surface area contributed by atoms with E-state index in [1.165, 1.54) is 6.21 Å². The number of likely N-dealkylation sites (N-methyl/N-ethyl adjacent to an activating group) is 1. The summed E-state index contributed by atoms with van der Waals surface area (Å²) in [5.41, 5.74) is 10.9. The molecule has 0 spiro atoms. The van der Waals surface area contributed by atoms with E-state index < -0.39 is 35.5 Å². The van der Waals surface area contributed by atoms with Crippen molar-refractivity contribution in [2.45, 2.75) is 85.2 Å². The van der Waals surface area contributed by atoms with Crippen molar-refractivity contribution in [3.05, 3.63) is 35.9 Å². The van der Waals surface area contributed by atoms with Crippen LogP contribution in [-0.2, 0) is 15.9 Å². The Morgan fingerprint density at radius 2 is 1.62 bits per heavy atom. The zero-order valence-electron chi connectivity index (χ0n) is 21.8. The summed E-state index contributed by atoms with van der Waals surface area (Å²) < 4.78 is 10.1. The minimum absolute atomic E-state index is 0.240. The first-order valence-electron chi connectivity index (χ1n) is 11.4. The molecule has 0 bridgehead atoms. The van der Waals surface area contributed by atoms with Gasteiger partial charge in [0.05, 0.1) is 6.10 Å². The number of aliphatic hydroxyl groups is 1. The highest BCUT2D eigenvalue weighted by molar-refractivity contribution is 5.69. The van der Waals surface area contributed by atoms with Crippen LogP contribution in [0.5, 0.6) is 0 Å². The average Bonchev–Trinajstić information content (AvgIpc) is 2.70. The fourth-order valence-electron chi connectivity index (χ4n) is 2.49. The maximum Gasteiger partial charge on any atom is 0.428 e. The molecule has 1 aromatic carbocycles. The van der Waals surface area contributed by atoms with Gasteiger partial charge < -0.3 is 20.3 Å². The van der Waals surface area contributed by atoms with Crippen molar-refractivity contribution in [3.63, 3.8) is 0 Å². The molecular formula is C24H43N5O5. The Morgan fingerprint density at radius 3 is 2.09 bits per heavy atom. The highest BCUT2D eigenvalue weighted by Crippen LogP contribution is 2.08. The van der Waals surface area contributed by atoms with Gasteiger partial charge in [0.1, 0.15) is 11.2 Å². The number of hydrogen-bond acceptors (Lipinski definition) is 8. The molecule has 2 amide bonds. The summed E-state index contributed by atoms with van der Waals surface area (Å²) in [4.78, 5) is 22.6. The molecule has 5 N–H and O–H groups in total. The fraction of sp³-hybridized carbons (Fsp3) is 0.625. The summed E-state index contributed by atoms with van der Waals surface area (Å²) in [5, 5.41) is 15.4. The Bertz CT molecular complexity index is 744. The van der Waals surface area contributed by atoms with Crippen LogP contribution in [0.25, 0.3) is 0 Å². The molecule has 0 aliphatic carbocycles. The lowest BCUT2D eigenvalue weighted by atomic mass is 10.0. The number of hydrazone groups is 1. The van der Waals surface area contributed by atoms with Crippen molar-refractivity contribution in [1.82, 2.24) is 15.9 Å². The number of nitrogens with one attached hydrogen (secondary N) is 2. The third-order valence-electron chi connectivity index (χ3n) is 3.93. The SMILES string of the molecule is CC=NNC(=O)OC(C)(C)C.CCN(C[C@@H](O)[C@@H](N)Cc1ccccc1)NC(=O)OC(C)(C)C. The summed E-state index contributed by atoms with van der Waals surface area (Å²) in [5.74, 6) is 0. The molecule has 0 unspecified atom stereocenters. The van der Waals surface area contributed by atoms with Crippen molar-refractivity contribution >= 4 is 18.4 Å². The van der Waals surface area contributed by atoms with E-state index in [-0.39, 0.29) is 6.54 Å². The Hall–Kier alpha value is -2.69. The zero-order valence-corrected chi connectivity index (χ0v) is 21.8. The third-order valence-corrected chi connectivity index (χ3v) is 3.93. The molecule has 0 radical (unpaired) electrons. The normalized spacial score (nSPS) is 13.5. The largest absolute Gasteiger partial charge is 0.443 e. The van der Waals surface area contributed by atoms with Gasteiger partial charge in [-0.1, -0.05) is 37.3 Å². The highest BCUT2D eigenvalue weighted by Gasteiger charge is 2.22. The lowest BCUT2D eigenvalue weighted by Crippen LogP contribution is -2.51. The van der Waals surface area contributed by atoms with Gasteiger partial charge in [-0.15, -0.1) is 0 Å². The molecule has 0 aliphatic rings. The number of hydrazine groups is 1. The Balaban J connectivity index is 0.000000833. The standard InChI is InChI=1S/C17H29N3O3.C7H14N2O2/c1-5-20(19-16(22)23-17(2,3)4)12-15(21)14(18)11-13-9-7-6-8-10-13;1-5-8-9-6(10)11-7(2,3)4/h6-10,14-15,21H,5,11-12,18H2,1-4H3,(H,19,22);5H,1-4H3,(H,9,10)/t14-,15+;/m0./s1. The van der Waals surface area contributed by atoms with E-state index in [1.54, 1.807) is 53.5 Å². The van der Waals surface area contributed by atoms with E-state index in [2.05, 4.69) is 16.0 Å². The van der Waals surface area contributed by atoms with Gasteiger partial charge in [-0.25, -0.2) is 20.0 Å². The predicted octanol–water partition coefficient (Wildman–Crippen LogP) is 3.20. The number of amides is 2. The smallest absolute Gasteiger partial charge is 0.428 e. The minimum atomic E-state index is -0.759. The lowest BCUT2D eigenvalue weighted by molar-refractivity contribution is 0.0208. The summed E-state index contributed by atoms with van der Waals surface area (Å²) >= 11 is 0. The number of carbonyl (C=O) groups excluding carboxylic acids is 2. The van der Waals surface area contributed by atoms with Crippen molar-refractivity contribution in [2.75, 3.05) is 13.1 Å². The van der Waals surface area contributed by atoms with Crippen molar-refractivity contribution in [2.24, 2.45) is 10.8 Å². The van der Waals surface area contributed by atoms with Crippen LogP contribution in [0.1, 0.15) is 61.0 Å². The number of aliphatic hydroxyl groups excluding tert-OH is 1. The van der Waals surface area contributed by atoms with Crippen LogP contribution in [0.3, 0.4) is 0 Å². The van der Waals surface area contributed by atoms with E-state index in [0.29, 0.717) is 13.0 Å². The number of hydrogen-bond donors (Lipinski definition) is 4. The third kappa shape index (κ3) is 16.9. The van der Waals surface area contributed by atoms with Gasteiger partial charge >= 0.3 is 12.2 Å². The number of benzene rings is 1. The van der Waals surface area contributed by atoms with E-state index in [0.717, 1.165) is 5.56 Å². The molecule has 10 heteroatoms. The van der Waals surface area contributed by atoms with Gasteiger partial charge in [-0.2, -0.15) is 5.10 Å². The summed E-state index contributed by atoms with van der Waals surface area (Å²) in [7, 11) is 0. The van der Waals surface area contributed by atoms with Crippen LogP contribution in [0.4, 0.5) is 9.59 Å². The zero-order chi connectivity index (χ0) is 26.4. The average molecular weight is 482 g/mol. The van der Waals surface area contributed by atoms with E-state index >= 15 is 0 Å². The number of carbonyl (C=O) groups is 2. The van der Waals surface area contributed by atoms with E-state index in [4.69, 9.17) is 15.2 Å². The van der Waals surface area contributed by atoms with Gasteiger partial charge in [0.2, 0.25) is 0 Å². The van der Waals surface area contributed by atoms with Crippen molar-refractivity contribution < 1.29 is 24.2 Å². The van der Waals surface area contributed by atoms with Gasteiger partial charge in [-0.05, 0) is 60.5 Å². The molecule has 34 heavy (non-hydrogen) atoms.